The van der Waals surface area contributed by atoms with Crippen LogP contribution in [0.1, 0.15) is 44.3 Å². The SMILES string of the molecule is CCNC(=NCC1(C)CCCO1)NCCc1csc(CC)n1.I. The van der Waals surface area contributed by atoms with E-state index in [0.29, 0.717) is 6.54 Å². The molecule has 1 saturated heterocycles. The van der Waals surface area contributed by atoms with Crippen LogP contribution < -0.4 is 10.6 Å². The number of rotatable bonds is 7. The number of hydrogen-bond donors (Lipinski definition) is 2. The van der Waals surface area contributed by atoms with Crippen LogP contribution in [-0.4, -0.2) is 42.8 Å². The Kier molecular flexibility index (Phi) is 9.38. The van der Waals surface area contributed by atoms with Gasteiger partial charge in [-0.2, -0.15) is 0 Å². The maximum absolute atomic E-state index is 5.79. The molecule has 2 heterocycles. The number of ether oxygens (including phenoxy) is 1. The largest absolute Gasteiger partial charge is 0.373 e. The Morgan fingerprint density at radius 2 is 2.26 bits per heavy atom. The first-order valence-electron chi connectivity index (χ1n) is 8.24. The Morgan fingerprint density at radius 3 is 2.87 bits per heavy atom. The Hall–Kier alpha value is -0.410. The molecule has 1 unspecified atom stereocenters. The van der Waals surface area contributed by atoms with Crippen LogP contribution in [0.25, 0.3) is 0 Å². The van der Waals surface area contributed by atoms with Crippen molar-refractivity contribution in [1.82, 2.24) is 15.6 Å². The highest BCUT2D eigenvalue weighted by molar-refractivity contribution is 14.0. The zero-order chi connectivity index (χ0) is 15.8. The minimum absolute atomic E-state index is 0. The highest BCUT2D eigenvalue weighted by atomic mass is 127. The summed E-state index contributed by atoms with van der Waals surface area (Å²) >= 11 is 1.74. The molecule has 0 amide bonds. The number of aryl methyl sites for hydroxylation is 1. The van der Waals surface area contributed by atoms with Crippen LogP contribution in [0.3, 0.4) is 0 Å². The topological polar surface area (TPSA) is 58.5 Å². The van der Waals surface area contributed by atoms with E-state index in [-0.39, 0.29) is 29.6 Å². The van der Waals surface area contributed by atoms with E-state index in [9.17, 15) is 0 Å². The van der Waals surface area contributed by atoms with Gasteiger partial charge in [0.1, 0.15) is 0 Å². The first kappa shape index (κ1) is 20.6. The maximum atomic E-state index is 5.79. The predicted molar refractivity (Wildman–Crippen MR) is 108 cm³/mol. The second-order valence-corrected chi connectivity index (χ2v) is 6.80. The molecule has 5 nitrogen and oxygen atoms in total. The number of guanidine groups is 1. The summed E-state index contributed by atoms with van der Waals surface area (Å²) in [5, 5.41) is 10.0. The molecule has 1 fully saturated rings. The van der Waals surface area contributed by atoms with E-state index in [1.807, 2.05) is 0 Å². The number of aromatic nitrogens is 1. The van der Waals surface area contributed by atoms with Crippen molar-refractivity contribution in [1.29, 1.82) is 0 Å². The van der Waals surface area contributed by atoms with Crippen molar-refractivity contribution in [3.05, 3.63) is 16.1 Å². The van der Waals surface area contributed by atoms with Crippen LogP contribution in [0.2, 0.25) is 0 Å². The fourth-order valence-corrected chi connectivity index (χ4v) is 3.26. The number of nitrogens with one attached hydrogen (secondary N) is 2. The molecule has 7 heteroatoms. The first-order chi connectivity index (χ1) is 10.6. The predicted octanol–water partition coefficient (Wildman–Crippen LogP) is 2.99. The van der Waals surface area contributed by atoms with Gasteiger partial charge in [0.25, 0.3) is 0 Å². The Balaban J connectivity index is 0.00000264. The molecule has 2 N–H and O–H groups in total. The minimum Gasteiger partial charge on any atom is -0.373 e. The van der Waals surface area contributed by atoms with E-state index in [4.69, 9.17) is 4.74 Å². The lowest BCUT2D eigenvalue weighted by Gasteiger charge is -2.21. The van der Waals surface area contributed by atoms with Crippen LogP contribution in [0.4, 0.5) is 0 Å². The zero-order valence-electron chi connectivity index (χ0n) is 14.4. The average Bonchev–Trinajstić information content (AvgIpc) is 3.14. The molecule has 1 aromatic rings. The summed E-state index contributed by atoms with van der Waals surface area (Å²) in [6.45, 7) is 9.64. The molecule has 0 bridgehead atoms. The van der Waals surface area contributed by atoms with Gasteiger partial charge in [-0.15, -0.1) is 35.3 Å². The van der Waals surface area contributed by atoms with Crippen LogP contribution in [0.5, 0.6) is 0 Å². The quantitative estimate of drug-likeness (QED) is 0.380. The normalized spacial score (nSPS) is 21.1. The molecule has 0 aliphatic carbocycles. The van der Waals surface area contributed by atoms with Gasteiger partial charge in [-0.3, -0.25) is 4.99 Å². The van der Waals surface area contributed by atoms with Crippen LogP contribution in [0, 0.1) is 0 Å². The summed E-state index contributed by atoms with van der Waals surface area (Å²) in [6.07, 6.45) is 4.17. The lowest BCUT2D eigenvalue weighted by molar-refractivity contribution is 0.0283. The third-order valence-corrected chi connectivity index (χ3v) is 4.83. The summed E-state index contributed by atoms with van der Waals surface area (Å²) < 4.78 is 5.79. The molecule has 1 aliphatic heterocycles. The van der Waals surface area contributed by atoms with Crippen molar-refractivity contribution in [3.8, 4) is 0 Å². The van der Waals surface area contributed by atoms with Gasteiger partial charge in [-0.05, 0) is 33.1 Å². The maximum Gasteiger partial charge on any atom is 0.191 e. The molecule has 1 aromatic heterocycles. The monoisotopic (exact) mass is 452 g/mol. The summed E-state index contributed by atoms with van der Waals surface area (Å²) in [4.78, 5) is 9.26. The molecule has 0 saturated carbocycles. The average molecular weight is 452 g/mol. The van der Waals surface area contributed by atoms with Crippen LogP contribution in [0.15, 0.2) is 10.4 Å². The number of halogens is 1. The standard InChI is InChI=1S/C16H28N4OS.HI/c1-4-14-20-13(11-22-14)7-9-18-15(17-5-2)19-12-16(3)8-6-10-21-16;/h11H,4-10,12H2,1-3H3,(H2,17,18,19);1H. The lowest BCUT2D eigenvalue weighted by atomic mass is 10.0. The molecule has 0 aromatic carbocycles. The summed E-state index contributed by atoms with van der Waals surface area (Å²) in [6, 6.07) is 0. The smallest absolute Gasteiger partial charge is 0.191 e. The van der Waals surface area contributed by atoms with Crippen LogP contribution >= 0.6 is 35.3 Å². The van der Waals surface area contributed by atoms with E-state index in [1.165, 1.54) is 5.01 Å². The zero-order valence-corrected chi connectivity index (χ0v) is 17.5. The second-order valence-electron chi connectivity index (χ2n) is 5.86. The first-order valence-corrected chi connectivity index (χ1v) is 9.12. The van der Waals surface area contributed by atoms with Crippen molar-refractivity contribution < 1.29 is 4.74 Å². The second kappa shape index (κ2) is 10.5. The molecule has 1 atom stereocenters. The number of hydrogen-bond acceptors (Lipinski definition) is 4. The summed E-state index contributed by atoms with van der Waals surface area (Å²) in [5.41, 5.74) is 1.07. The summed E-state index contributed by atoms with van der Waals surface area (Å²) in [7, 11) is 0. The Labute approximate surface area is 160 Å². The molecule has 23 heavy (non-hydrogen) atoms. The van der Waals surface area contributed by atoms with Crippen molar-refractivity contribution >= 4 is 41.3 Å². The molecule has 0 spiro atoms. The van der Waals surface area contributed by atoms with Gasteiger partial charge in [0.15, 0.2) is 5.96 Å². The highest BCUT2D eigenvalue weighted by Gasteiger charge is 2.29. The molecule has 2 rings (SSSR count). The Bertz CT molecular complexity index is 486. The van der Waals surface area contributed by atoms with Crippen molar-refractivity contribution in [2.75, 3.05) is 26.2 Å². The van der Waals surface area contributed by atoms with E-state index in [2.05, 4.69) is 46.8 Å². The van der Waals surface area contributed by atoms with Crippen LogP contribution in [-0.2, 0) is 17.6 Å². The van der Waals surface area contributed by atoms with E-state index in [0.717, 1.165) is 57.0 Å². The van der Waals surface area contributed by atoms with Gasteiger partial charge in [-0.1, -0.05) is 6.92 Å². The Morgan fingerprint density at radius 1 is 1.43 bits per heavy atom. The van der Waals surface area contributed by atoms with Gasteiger partial charge in [0.05, 0.1) is 22.8 Å². The number of thiazole rings is 1. The lowest BCUT2D eigenvalue weighted by Crippen LogP contribution is -2.40. The molecule has 132 valence electrons. The van der Waals surface area contributed by atoms with Gasteiger partial charge in [-0.25, -0.2) is 4.98 Å². The van der Waals surface area contributed by atoms with Gasteiger partial charge < -0.3 is 15.4 Å². The third kappa shape index (κ3) is 6.93. The van der Waals surface area contributed by atoms with Crippen molar-refractivity contribution in [2.45, 2.75) is 52.1 Å². The van der Waals surface area contributed by atoms with Gasteiger partial charge in [0.2, 0.25) is 0 Å². The fraction of sp³-hybridized carbons (Fsp3) is 0.750. The minimum atomic E-state index is -0.0900. The molecular weight excluding hydrogens is 423 g/mol. The number of aliphatic imine (C=N–C) groups is 1. The highest BCUT2D eigenvalue weighted by Crippen LogP contribution is 2.24. The summed E-state index contributed by atoms with van der Waals surface area (Å²) in [5.74, 6) is 0.866. The van der Waals surface area contributed by atoms with Gasteiger partial charge >= 0.3 is 0 Å². The fourth-order valence-electron chi connectivity index (χ4n) is 2.48. The van der Waals surface area contributed by atoms with E-state index in [1.54, 1.807) is 11.3 Å². The molecule has 1 aliphatic rings. The van der Waals surface area contributed by atoms with Crippen molar-refractivity contribution in [2.24, 2.45) is 4.99 Å². The van der Waals surface area contributed by atoms with Gasteiger partial charge in [0, 0.05) is 31.5 Å². The van der Waals surface area contributed by atoms with Crippen molar-refractivity contribution in [3.63, 3.8) is 0 Å². The van der Waals surface area contributed by atoms with E-state index < -0.39 is 0 Å². The molecular formula is C16H29IN4OS. The molecule has 0 radical (unpaired) electrons. The number of nitrogens with zero attached hydrogens (tertiary/aromatic N) is 2. The third-order valence-electron chi connectivity index (χ3n) is 3.79. The van der Waals surface area contributed by atoms with E-state index >= 15 is 0 Å².